The molecule has 1 saturated heterocycles. The summed E-state index contributed by atoms with van der Waals surface area (Å²) in [4.78, 5) is 29.4. The van der Waals surface area contributed by atoms with E-state index < -0.39 is 31.6 Å². The largest absolute Gasteiger partial charge is 0.396 e. The lowest BCUT2D eigenvalue weighted by molar-refractivity contribution is -0.146. The second-order valence-electron chi connectivity index (χ2n) is 12.0. The van der Waals surface area contributed by atoms with Crippen molar-refractivity contribution >= 4 is 37.3 Å². The van der Waals surface area contributed by atoms with Gasteiger partial charge < -0.3 is 18.9 Å². The summed E-state index contributed by atoms with van der Waals surface area (Å²) in [5.41, 5.74) is 2.61. The van der Waals surface area contributed by atoms with Gasteiger partial charge in [0.15, 0.2) is 5.60 Å². The number of amides is 2. The fraction of sp³-hybridized carbons (Fsp3) is 0.364. The number of rotatable bonds is 7. The molecule has 3 aliphatic heterocycles. The Balaban J connectivity index is 1.48. The molecule has 0 unspecified atom stereocenters. The van der Waals surface area contributed by atoms with Gasteiger partial charge in [-0.05, 0) is 48.8 Å². The lowest BCUT2D eigenvalue weighted by Crippen LogP contribution is -2.45. The maximum absolute atomic E-state index is 15.9. The van der Waals surface area contributed by atoms with Crippen molar-refractivity contribution in [3.63, 3.8) is 0 Å². The molecule has 7 nitrogen and oxygen atoms in total. The van der Waals surface area contributed by atoms with Crippen molar-refractivity contribution in [3.05, 3.63) is 95.6 Å². The van der Waals surface area contributed by atoms with Gasteiger partial charge in [0.05, 0.1) is 29.7 Å². The zero-order valence-corrected chi connectivity index (χ0v) is 25.2. The van der Waals surface area contributed by atoms with E-state index in [1.807, 2.05) is 85.8 Å². The van der Waals surface area contributed by atoms with E-state index in [1.165, 1.54) is 5.01 Å². The van der Waals surface area contributed by atoms with Gasteiger partial charge in [-0.2, -0.15) is 5.10 Å². The van der Waals surface area contributed by atoms with Crippen LogP contribution in [0.25, 0.3) is 0 Å². The van der Waals surface area contributed by atoms with Crippen LogP contribution in [0.3, 0.4) is 0 Å². The maximum atomic E-state index is 15.9. The summed E-state index contributed by atoms with van der Waals surface area (Å²) >= 11 is 0. The average molecular weight is 586 g/mol. The van der Waals surface area contributed by atoms with Crippen LogP contribution in [-0.2, 0) is 26.5 Å². The van der Waals surface area contributed by atoms with E-state index >= 15 is 4.11 Å². The first-order valence-electron chi connectivity index (χ1n) is 14.6. The van der Waals surface area contributed by atoms with E-state index in [1.54, 1.807) is 18.0 Å². The van der Waals surface area contributed by atoms with Gasteiger partial charge in [0.2, 0.25) is 14.3 Å². The molecule has 42 heavy (non-hydrogen) atoms. The standard InChI is InChI=1S/C33H36FN3O4Si/c1-22-31(42(2,3)34)29(18-19-38)41-33(22)26-20-25(37-30(39)17-15-27(35-37)24-12-8-5-9-13-24)14-16-28(26)36(32(33)40)21-23-10-6-4-7-11-23/h4-14,16,20,22,29,31,38H,15,17-19,21H2,1-3H3/t22-,29+,31-,33+/m1/s1. The fourth-order valence-corrected chi connectivity index (χ4v) is 9.62. The topological polar surface area (TPSA) is 82.4 Å². The number of carbonyl (C=O) groups excluding carboxylic acids is 2. The number of ether oxygens (including phenoxy) is 1. The molecule has 9 heteroatoms. The zero-order valence-electron chi connectivity index (χ0n) is 24.2. The highest BCUT2D eigenvalue weighted by molar-refractivity contribution is 6.72. The Morgan fingerprint density at radius 3 is 2.38 bits per heavy atom. The van der Waals surface area contributed by atoms with E-state index in [4.69, 9.17) is 9.84 Å². The molecule has 3 aliphatic rings. The van der Waals surface area contributed by atoms with Crippen molar-refractivity contribution in [1.29, 1.82) is 0 Å². The number of anilines is 2. The number of nitrogens with zero attached hydrogens (tertiary/aromatic N) is 3. The van der Waals surface area contributed by atoms with Gasteiger partial charge in [-0.3, -0.25) is 9.59 Å². The van der Waals surface area contributed by atoms with Crippen LogP contribution in [0.5, 0.6) is 0 Å². The molecular formula is C33H36FN3O4Si. The van der Waals surface area contributed by atoms with Crippen molar-refractivity contribution in [1.82, 2.24) is 0 Å². The third-order valence-corrected chi connectivity index (χ3v) is 11.4. The predicted octanol–water partition coefficient (Wildman–Crippen LogP) is 5.92. The van der Waals surface area contributed by atoms with Gasteiger partial charge in [0.25, 0.3) is 5.91 Å². The van der Waals surface area contributed by atoms with Crippen LogP contribution in [0.2, 0.25) is 18.6 Å². The molecule has 6 rings (SSSR count). The summed E-state index contributed by atoms with van der Waals surface area (Å²) in [5.74, 6) is -0.862. The number of aliphatic hydroxyl groups is 1. The van der Waals surface area contributed by atoms with Crippen molar-refractivity contribution < 1.29 is 23.5 Å². The maximum Gasteiger partial charge on any atom is 0.264 e. The third kappa shape index (κ3) is 4.69. The van der Waals surface area contributed by atoms with E-state index in [0.717, 1.165) is 16.8 Å². The molecule has 0 bridgehead atoms. The van der Waals surface area contributed by atoms with Crippen molar-refractivity contribution in [3.8, 4) is 0 Å². The Bertz CT molecular complexity index is 1530. The van der Waals surface area contributed by atoms with Crippen LogP contribution in [0.4, 0.5) is 15.5 Å². The summed E-state index contributed by atoms with van der Waals surface area (Å²) in [6.45, 7) is 5.35. The Labute approximate surface area is 246 Å². The number of aliphatic hydroxyl groups excluding tert-OH is 1. The van der Waals surface area contributed by atoms with E-state index in [2.05, 4.69) is 0 Å². The molecule has 1 N–H and O–H groups in total. The number of halogens is 1. The minimum Gasteiger partial charge on any atom is -0.396 e. The van der Waals surface area contributed by atoms with Crippen molar-refractivity contribution in [2.75, 3.05) is 16.5 Å². The van der Waals surface area contributed by atoms with Gasteiger partial charge in [-0.1, -0.05) is 67.6 Å². The normalized spacial score (nSPS) is 25.7. The number of carbonyl (C=O) groups is 2. The highest BCUT2D eigenvalue weighted by Crippen LogP contribution is 2.60. The summed E-state index contributed by atoms with van der Waals surface area (Å²) in [5, 5.41) is 16.0. The number of hydrazone groups is 1. The second-order valence-corrected chi connectivity index (χ2v) is 15.8. The third-order valence-electron chi connectivity index (χ3n) is 8.93. The molecule has 0 saturated carbocycles. The van der Waals surface area contributed by atoms with Crippen LogP contribution in [0.15, 0.2) is 84.0 Å². The minimum absolute atomic E-state index is 0.136. The Kier molecular flexibility index (Phi) is 7.37. The molecule has 218 valence electrons. The summed E-state index contributed by atoms with van der Waals surface area (Å²) < 4.78 is 22.6. The van der Waals surface area contributed by atoms with E-state index in [-0.39, 0.29) is 24.8 Å². The first kappa shape index (κ1) is 28.5. The van der Waals surface area contributed by atoms with Gasteiger partial charge in [-0.15, -0.1) is 0 Å². The Hall–Kier alpha value is -3.66. The number of hydrogen-bond donors (Lipinski definition) is 1. The fourth-order valence-electron chi connectivity index (χ4n) is 7.08. The van der Waals surface area contributed by atoms with Gasteiger partial charge in [-0.25, -0.2) is 5.01 Å². The molecule has 1 fully saturated rings. The first-order valence-corrected chi connectivity index (χ1v) is 17.5. The van der Waals surface area contributed by atoms with Crippen LogP contribution in [0, 0.1) is 5.92 Å². The van der Waals surface area contributed by atoms with Crippen LogP contribution in [-0.4, -0.2) is 43.8 Å². The highest BCUT2D eigenvalue weighted by atomic mass is 28.4. The Morgan fingerprint density at radius 2 is 1.71 bits per heavy atom. The number of fused-ring (bicyclic) bond motifs is 2. The predicted molar refractivity (Wildman–Crippen MR) is 164 cm³/mol. The average Bonchev–Trinajstić information content (AvgIpc) is 3.41. The van der Waals surface area contributed by atoms with Gasteiger partial charge in [0, 0.05) is 36.5 Å². The summed E-state index contributed by atoms with van der Waals surface area (Å²) in [6, 6.07) is 25.0. The summed E-state index contributed by atoms with van der Waals surface area (Å²) in [6.07, 6.45) is 0.490. The van der Waals surface area contributed by atoms with E-state index in [9.17, 15) is 14.7 Å². The zero-order chi connectivity index (χ0) is 29.6. The first-order chi connectivity index (χ1) is 20.1. The molecule has 0 aliphatic carbocycles. The molecule has 1 spiro atoms. The molecule has 3 aromatic rings. The molecule has 4 atom stereocenters. The second kappa shape index (κ2) is 10.9. The van der Waals surface area contributed by atoms with Crippen LogP contribution >= 0.6 is 0 Å². The summed E-state index contributed by atoms with van der Waals surface area (Å²) in [7, 11) is -3.32. The quantitative estimate of drug-likeness (QED) is 0.276. The molecule has 2 amide bonds. The molecular weight excluding hydrogens is 549 g/mol. The van der Waals surface area contributed by atoms with Gasteiger partial charge in [0.1, 0.15) is 0 Å². The van der Waals surface area contributed by atoms with Crippen molar-refractivity contribution in [2.45, 2.75) is 63.1 Å². The van der Waals surface area contributed by atoms with Crippen LogP contribution in [0.1, 0.15) is 42.9 Å². The van der Waals surface area contributed by atoms with Crippen LogP contribution < -0.4 is 9.91 Å². The monoisotopic (exact) mass is 585 g/mol. The number of hydrogen-bond acceptors (Lipinski definition) is 5. The lowest BCUT2D eigenvalue weighted by atomic mass is 9.82. The molecule has 3 aromatic carbocycles. The smallest absolute Gasteiger partial charge is 0.264 e. The van der Waals surface area contributed by atoms with Gasteiger partial charge >= 0.3 is 0 Å². The SMILES string of the molecule is C[C@@H]1[C@@H]([Si](C)(C)F)[C@H](CCO)O[C@@]12C(=O)N(Cc1ccccc1)c1ccc(N3N=C(c4ccccc4)CCC3=O)cc12. The van der Waals surface area contributed by atoms with Crippen molar-refractivity contribution in [2.24, 2.45) is 11.0 Å². The number of benzene rings is 3. The lowest BCUT2D eigenvalue weighted by Gasteiger charge is -2.31. The molecule has 0 radical (unpaired) electrons. The molecule has 3 heterocycles. The van der Waals surface area contributed by atoms with E-state index in [0.29, 0.717) is 36.3 Å². The Morgan fingerprint density at radius 1 is 1.02 bits per heavy atom. The molecule has 0 aromatic heterocycles. The minimum atomic E-state index is -3.32. The highest BCUT2D eigenvalue weighted by Gasteiger charge is 2.66.